The molecule has 0 bridgehead atoms. The molecule has 0 radical (unpaired) electrons. The third kappa shape index (κ3) is 2.81. The average Bonchev–Trinajstić information content (AvgIpc) is 2.74. The molecule has 7 heteroatoms. The molecule has 6 nitrogen and oxygen atoms in total. The Morgan fingerprint density at radius 1 is 1.55 bits per heavy atom. The normalized spacial score (nSPS) is 10.4. The fraction of sp³-hybridized carbons (Fsp3) is 0.0769. The van der Waals surface area contributed by atoms with Crippen LogP contribution in [0, 0.1) is 18.3 Å². The van der Waals surface area contributed by atoms with Crippen LogP contribution >= 0.6 is 11.3 Å². The molecule has 0 atom stereocenters. The molecule has 0 saturated heterocycles. The highest BCUT2D eigenvalue weighted by atomic mass is 32.1. The predicted molar refractivity (Wildman–Crippen MR) is 77.5 cm³/mol. The molecular weight excluding hydrogens is 274 g/mol. The van der Waals surface area contributed by atoms with E-state index in [9.17, 15) is 4.79 Å². The Morgan fingerprint density at radius 3 is 2.85 bits per heavy atom. The van der Waals surface area contributed by atoms with E-state index in [-0.39, 0.29) is 5.91 Å². The lowest BCUT2D eigenvalue weighted by molar-refractivity contribution is 0.0958. The van der Waals surface area contributed by atoms with Gasteiger partial charge in [-0.05, 0) is 30.2 Å². The highest BCUT2D eigenvalue weighted by molar-refractivity contribution is 7.18. The largest absolute Gasteiger partial charge is 0.389 e. The summed E-state index contributed by atoms with van der Waals surface area (Å²) in [5.74, 6) is -0.383. The standard InChI is InChI=1S/C13H11N5OS/c1-8-10(6-14)12(15)20-11(8)13(19)18-17-7-9-2-4-16-5-3-9/h2-5,7H,15H2,1H3,(H,18,19)/b17-7-. The number of nitrogens with zero attached hydrogens (tertiary/aromatic N) is 3. The van der Waals surface area contributed by atoms with Gasteiger partial charge in [-0.1, -0.05) is 0 Å². The van der Waals surface area contributed by atoms with Gasteiger partial charge in [-0.2, -0.15) is 10.4 Å². The van der Waals surface area contributed by atoms with E-state index >= 15 is 0 Å². The number of anilines is 1. The summed E-state index contributed by atoms with van der Waals surface area (Å²) < 4.78 is 0. The van der Waals surface area contributed by atoms with Crippen LogP contribution in [0.5, 0.6) is 0 Å². The number of amides is 1. The highest BCUT2D eigenvalue weighted by Gasteiger charge is 2.17. The summed E-state index contributed by atoms with van der Waals surface area (Å²) in [6.45, 7) is 1.69. The molecule has 0 aromatic carbocycles. The molecule has 0 unspecified atom stereocenters. The maximum Gasteiger partial charge on any atom is 0.281 e. The Balaban J connectivity index is 2.10. The molecule has 1 amide bonds. The maximum atomic E-state index is 11.9. The van der Waals surface area contributed by atoms with E-state index in [1.807, 2.05) is 6.07 Å². The quantitative estimate of drug-likeness (QED) is 0.661. The van der Waals surface area contributed by atoms with Crippen molar-refractivity contribution in [3.05, 3.63) is 46.1 Å². The number of carbonyl (C=O) groups excluding carboxylic acids is 1. The van der Waals surface area contributed by atoms with Crippen molar-refractivity contribution in [2.75, 3.05) is 5.73 Å². The minimum absolute atomic E-state index is 0.341. The minimum atomic E-state index is -0.383. The summed E-state index contributed by atoms with van der Waals surface area (Å²) in [6.07, 6.45) is 4.77. The molecule has 2 rings (SSSR count). The van der Waals surface area contributed by atoms with E-state index in [4.69, 9.17) is 11.0 Å². The van der Waals surface area contributed by atoms with Gasteiger partial charge in [-0.25, -0.2) is 5.43 Å². The van der Waals surface area contributed by atoms with Crippen LogP contribution in [0.3, 0.4) is 0 Å². The van der Waals surface area contributed by atoms with E-state index in [2.05, 4.69) is 15.5 Å². The van der Waals surface area contributed by atoms with E-state index in [0.717, 1.165) is 16.9 Å². The van der Waals surface area contributed by atoms with Crippen LogP contribution in [-0.2, 0) is 0 Å². The molecule has 2 aromatic rings. The molecule has 2 aromatic heterocycles. The van der Waals surface area contributed by atoms with Crippen LogP contribution in [0.25, 0.3) is 0 Å². The molecule has 3 N–H and O–H groups in total. The summed E-state index contributed by atoms with van der Waals surface area (Å²) in [5, 5.41) is 13.1. The molecule has 2 heterocycles. The Hall–Kier alpha value is -2.72. The van der Waals surface area contributed by atoms with Crippen LogP contribution in [0.1, 0.15) is 26.4 Å². The summed E-state index contributed by atoms with van der Waals surface area (Å²) in [7, 11) is 0. The zero-order chi connectivity index (χ0) is 14.5. The number of nitrogens with two attached hydrogens (primary N) is 1. The van der Waals surface area contributed by atoms with Gasteiger partial charge in [0.25, 0.3) is 5.91 Å². The molecule has 0 fully saturated rings. The van der Waals surface area contributed by atoms with E-state index in [0.29, 0.717) is 21.0 Å². The monoisotopic (exact) mass is 285 g/mol. The third-order valence-corrected chi connectivity index (χ3v) is 3.70. The number of hydrazone groups is 1. The van der Waals surface area contributed by atoms with Crippen molar-refractivity contribution in [1.82, 2.24) is 10.4 Å². The Labute approximate surface area is 119 Å². The van der Waals surface area contributed by atoms with Gasteiger partial charge in [-0.15, -0.1) is 11.3 Å². The number of pyridine rings is 1. The number of rotatable bonds is 3. The first-order valence-electron chi connectivity index (χ1n) is 5.66. The van der Waals surface area contributed by atoms with Crippen molar-refractivity contribution < 1.29 is 4.79 Å². The lowest BCUT2D eigenvalue weighted by Crippen LogP contribution is -2.17. The molecule has 0 spiro atoms. The van der Waals surface area contributed by atoms with Crippen molar-refractivity contribution >= 4 is 28.5 Å². The molecular formula is C13H11N5OS. The van der Waals surface area contributed by atoms with E-state index in [1.54, 1.807) is 31.5 Å². The molecule has 0 aliphatic heterocycles. The SMILES string of the molecule is Cc1c(C(=O)N/N=C\c2ccncc2)sc(N)c1C#N. The minimum Gasteiger partial charge on any atom is -0.389 e. The second-order valence-corrected chi connectivity index (χ2v) is 4.94. The number of hydrogen-bond acceptors (Lipinski definition) is 6. The molecule has 0 saturated carbocycles. The van der Waals surface area contributed by atoms with Crippen LogP contribution in [0.4, 0.5) is 5.00 Å². The summed E-state index contributed by atoms with van der Waals surface area (Å²) >= 11 is 1.08. The number of nitrogens with one attached hydrogen (secondary N) is 1. The zero-order valence-electron chi connectivity index (χ0n) is 10.6. The van der Waals surface area contributed by atoms with Crippen LogP contribution < -0.4 is 11.2 Å². The lowest BCUT2D eigenvalue weighted by atomic mass is 10.2. The number of thiophene rings is 1. The Morgan fingerprint density at radius 2 is 2.25 bits per heavy atom. The predicted octanol–water partition coefficient (Wildman–Crippen LogP) is 1.67. The summed E-state index contributed by atoms with van der Waals surface area (Å²) in [6, 6.07) is 5.50. The summed E-state index contributed by atoms with van der Waals surface area (Å²) in [5.41, 5.74) is 9.83. The number of nitriles is 1. The topological polar surface area (TPSA) is 104 Å². The molecule has 20 heavy (non-hydrogen) atoms. The number of aromatic nitrogens is 1. The third-order valence-electron chi connectivity index (χ3n) is 2.58. The van der Waals surface area contributed by atoms with Crippen molar-refractivity contribution in [2.24, 2.45) is 5.10 Å². The van der Waals surface area contributed by atoms with Crippen LogP contribution in [0.2, 0.25) is 0 Å². The van der Waals surface area contributed by atoms with E-state index in [1.165, 1.54) is 6.21 Å². The fourth-order valence-electron chi connectivity index (χ4n) is 1.56. The van der Waals surface area contributed by atoms with Crippen molar-refractivity contribution in [3.8, 4) is 6.07 Å². The smallest absolute Gasteiger partial charge is 0.281 e. The first-order valence-corrected chi connectivity index (χ1v) is 6.47. The first-order chi connectivity index (χ1) is 9.63. The van der Waals surface area contributed by atoms with Gasteiger partial charge in [0, 0.05) is 12.4 Å². The van der Waals surface area contributed by atoms with Gasteiger partial charge in [0.1, 0.15) is 15.9 Å². The summed E-state index contributed by atoms with van der Waals surface area (Å²) in [4.78, 5) is 16.2. The van der Waals surface area contributed by atoms with Gasteiger partial charge in [0.15, 0.2) is 0 Å². The van der Waals surface area contributed by atoms with Crippen molar-refractivity contribution in [1.29, 1.82) is 5.26 Å². The molecule has 100 valence electrons. The number of nitrogen functional groups attached to an aromatic ring is 1. The second kappa shape index (κ2) is 5.95. The second-order valence-electron chi connectivity index (χ2n) is 3.89. The average molecular weight is 285 g/mol. The Kier molecular flexibility index (Phi) is 4.08. The van der Waals surface area contributed by atoms with Gasteiger partial charge in [-0.3, -0.25) is 9.78 Å². The first kappa shape index (κ1) is 13.7. The Bertz CT molecular complexity index is 700. The maximum absolute atomic E-state index is 11.9. The van der Waals surface area contributed by atoms with Crippen molar-refractivity contribution in [2.45, 2.75) is 6.92 Å². The van der Waals surface area contributed by atoms with Gasteiger partial charge in [0.2, 0.25) is 0 Å². The van der Waals surface area contributed by atoms with Crippen LogP contribution in [0.15, 0.2) is 29.6 Å². The zero-order valence-corrected chi connectivity index (χ0v) is 11.4. The highest BCUT2D eigenvalue weighted by Crippen LogP contribution is 2.29. The molecule has 0 aliphatic rings. The number of carbonyl (C=O) groups is 1. The fourth-order valence-corrected chi connectivity index (χ4v) is 2.47. The van der Waals surface area contributed by atoms with Gasteiger partial charge >= 0.3 is 0 Å². The lowest BCUT2D eigenvalue weighted by Gasteiger charge is -1.97. The number of hydrogen-bond donors (Lipinski definition) is 2. The molecule has 0 aliphatic carbocycles. The van der Waals surface area contributed by atoms with Gasteiger partial charge in [0.05, 0.1) is 11.8 Å². The van der Waals surface area contributed by atoms with Gasteiger partial charge < -0.3 is 5.73 Å². The van der Waals surface area contributed by atoms with Crippen LogP contribution in [-0.4, -0.2) is 17.1 Å². The van der Waals surface area contributed by atoms with Crippen molar-refractivity contribution in [3.63, 3.8) is 0 Å². The van der Waals surface area contributed by atoms with E-state index < -0.39 is 0 Å².